The number of hydrogen-bond acceptors (Lipinski definition) is 4. The van der Waals surface area contributed by atoms with Gasteiger partial charge >= 0.3 is 0 Å². The van der Waals surface area contributed by atoms with Crippen LogP contribution in [0.2, 0.25) is 0 Å². The minimum atomic E-state index is -0.0966. The van der Waals surface area contributed by atoms with Crippen LogP contribution in [0.5, 0.6) is 0 Å². The van der Waals surface area contributed by atoms with E-state index in [4.69, 9.17) is 9.47 Å². The van der Waals surface area contributed by atoms with E-state index in [1.54, 1.807) is 31.4 Å². The minimum Gasteiger partial charge on any atom is -0.385 e. The molecule has 106 valence electrons. The fraction of sp³-hybridized carbons (Fsp3) is 0.538. The molecular weight excluding hydrogens is 312 g/mol. The Labute approximate surface area is 122 Å². The van der Waals surface area contributed by atoms with Gasteiger partial charge in [0.1, 0.15) is 5.69 Å². The Morgan fingerprint density at radius 1 is 1.32 bits per heavy atom. The maximum atomic E-state index is 12.4. The van der Waals surface area contributed by atoms with Crippen molar-refractivity contribution >= 4 is 21.8 Å². The third-order valence-electron chi connectivity index (χ3n) is 2.59. The number of hydrogen-bond donors (Lipinski definition) is 0. The molecule has 0 fully saturated rings. The number of carbonyl (C=O) groups is 1. The van der Waals surface area contributed by atoms with E-state index in [1.807, 2.05) is 6.07 Å². The maximum absolute atomic E-state index is 12.4. The van der Waals surface area contributed by atoms with Crippen LogP contribution in [-0.2, 0) is 9.47 Å². The molecule has 0 N–H and O–H groups in total. The van der Waals surface area contributed by atoms with Crippen LogP contribution >= 0.6 is 15.9 Å². The molecule has 0 atom stereocenters. The number of halogens is 1. The Morgan fingerprint density at radius 3 is 2.68 bits per heavy atom. The number of carbonyl (C=O) groups excluding carboxylic acids is 1. The average molecular weight is 331 g/mol. The van der Waals surface area contributed by atoms with Crippen molar-refractivity contribution in [3.05, 3.63) is 28.5 Å². The zero-order valence-corrected chi connectivity index (χ0v) is 12.9. The second-order valence-corrected chi connectivity index (χ2v) is 4.82. The van der Waals surface area contributed by atoms with Crippen LogP contribution in [0.15, 0.2) is 22.8 Å². The molecular formula is C13H19BrN2O3. The summed E-state index contributed by atoms with van der Waals surface area (Å²) in [5.74, 6) is -0.0966. The van der Waals surface area contributed by atoms with Crippen LogP contribution in [-0.4, -0.2) is 56.3 Å². The number of methoxy groups -OCH3 is 2. The lowest BCUT2D eigenvalue weighted by atomic mass is 10.3. The summed E-state index contributed by atoms with van der Waals surface area (Å²) < 4.78 is 10.8. The molecule has 0 saturated carbocycles. The standard InChI is InChI=1S/C13H19BrN2O3/c1-18-9-4-7-16(8-10-19-2)13(17)12-11(14)5-3-6-15-12/h3,5-6H,4,7-10H2,1-2H3. The third kappa shape index (κ3) is 5.26. The molecule has 1 aromatic heterocycles. The van der Waals surface area contributed by atoms with Crippen LogP contribution in [0.25, 0.3) is 0 Å². The van der Waals surface area contributed by atoms with Gasteiger partial charge in [-0.1, -0.05) is 0 Å². The van der Waals surface area contributed by atoms with Crippen molar-refractivity contribution in [1.29, 1.82) is 0 Å². The smallest absolute Gasteiger partial charge is 0.273 e. The number of rotatable bonds is 8. The predicted molar refractivity (Wildman–Crippen MR) is 76.2 cm³/mol. The number of amides is 1. The van der Waals surface area contributed by atoms with Crippen molar-refractivity contribution in [3.8, 4) is 0 Å². The lowest BCUT2D eigenvalue weighted by Gasteiger charge is -2.22. The summed E-state index contributed by atoms with van der Waals surface area (Å²) in [5, 5.41) is 0. The van der Waals surface area contributed by atoms with Gasteiger partial charge in [0.25, 0.3) is 5.91 Å². The summed E-state index contributed by atoms with van der Waals surface area (Å²) in [6.45, 7) is 2.30. The quantitative estimate of drug-likeness (QED) is 0.684. The monoisotopic (exact) mass is 330 g/mol. The van der Waals surface area contributed by atoms with Gasteiger partial charge < -0.3 is 14.4 Å². The van der Waals surface area contributed by atoms with Gasteiger partial charge in [-0.2, -0.15) is 0 Å². The molecule has 0 aliphatic rings. The van der Waals surface area contributed by atoms with Gasteiger partial charge in [-0.25, -0.2) is 4.98 Å². The van der Waals surface area contributed by atoms with Crippen molar-refractivity contribution in [3.63, 3.8) is 0 Å². The normalized spacial score (nSPS) is 10.5. The second-order valence-electron chi connectivity index (χ2n) is 3.97. The van der Waals surface area contributed by atoms with Gasteiger partial charge in [-0.15, -0.1) is 0 Å². The highest BCUT2D eigenvalue weighted by atomic mass is 79.9. The van der Waals surface area contributed by atoms with Gasteiger partial charge in [0.15, 0.2) is 0 Å². The number of aromatic nitrogens is 1. The fourth-order valence-corrected chi connectivity index (χ4v) is 2.03. The van der Waals surface area contributed by atoms with Crippen LogP contribution in [0, 0.1) is 0 Å². The first-order valence-corrected chi connectivity index (χ1v) is 6.87. The highest BCUT2D eigenvalue weighted by Gasteiger charge is 2.18. The molecule has 0 aliphatic carbocycles. The molecule has 1 amide bonds. The summed E-state index contributed by atoms with van der Waals surface area (Å²) in [4.78, 5) is 18.3. The van der Waals surface area contributed by atoms with Crippen molar-refractivity contribution in [2.75, 3.05) is 40.5 Å². The molecule has 0 unspecified atom stereocenters. The molecule has 1 rings (SSSR count). The third-order valence-corrected chi connectivity index (χ3v) is 3.23. The largest absolute Gasteiger partial charge is 0.385 e. The van der Waals surface area contributed by atoms with E-state index < -0.39 is 0 Å². The summed E-state index contributed by atoms with van der Waals surface area (Å²) in [7, 11) is 3.27. The lowest BCUT2D eigenvalue weighted by Crippen LogP contribution is -2.36. The highest BCUT2D eigenvalue weighted by Crippen LogP contribution is 2.15. The van der Waals surface area contributed by atoms with E-state index in [1.165, 1.54) is 0 Å². The molecule has 0 spiro atoms. The first-order valence-electron chi connectivity index (χ1n) is 6.08. The van der Waals surface area contributed by atoms with Crippen molar-refractivity contribution < 1.29 is 14.3 Å². The Balaban J connectivity index is 2.72. The van der Waals surface area contributed by atoms with Crippen LogP contribution in [0.3, 0.4) is 0 Å². The molecule has 6 heteroatoms. The topological polar surface area (TPSA) is 51.7 Å². The molecule has 0 bridgehead atoms. The maximum Gasteiger partial charge on any atom is 0.273 e. The van der Waals surface area contributed by atoms with Crippen LogP contribution < -0.4 is 0 Å². The number of pyridine rings is 1. The first-order chi connectivity index (χ1) is 9.20. The zero-order chi connectivity index (χ0) is 14.1. The van der Waals surface area contributed by atoms with E-state index in [-0.39, 0.29) is 5.91 Å². The number of nitrogens with zero attached hydrogens (tertiary/aromatic N) is 2. The van der Waals surface area contributed by atoms with E-state index in [2.05, 4.69) is 20.9 Å². The minimum absolute atomic E-state index is 0.0966. The highest BCUT2D eigenvalue weighted by molar-refractivity contribution is 9.10. The second kappa shape index (κ2) is 9.01. The zero-order valence-electron chi connectivity index (χ0n) is 11.3. The molecule has 0 aliphatic heterocycles. The molecule has 1 aromatic rings. The predicted octanol–water partition coefficient (Wildman–Crippen LogP) is 1.97. The fourth-order valence-electron chi connectivity index (χ4n) is 1.61. The van der Waals surface area contributed by atoms with Crippen molar-refractivity contribution in [2.24, 2.45) is 0 Å². The van der Waals surface area contributed by atoms with Crippen LogP contribution in [0.1, 0.15) is 16.9 Å². The summed E-state index contributed by atoms with van der Waals surface area (Å²) >= 11 is 3.35. The SMILES string of the molecule is COCCCN(CCOC)C(=O)c1ncccc1Br. The van der Waals surface area contributed by atoms with Gasteiger partial charge in [-0.3, -0.25) is 4.79 Å². The van der Waals surface area contributed by atoms with E-state index in [9.17, 15) is 4.79 Å². The van der Waals surface area contributed by atoms with Crippen molar-refractivity contribution in [2.45, 2.75) is 6.42 Å². The Kier molecular flexibility index (Phi) is 7.62. The Bertz CT molecular complexity index is 401. The molecule has 0 aromatic carbocycles. The summed E-state index contributed by atoms with van der Waals surface area (Å²) in [5.41, 5.74) is 0.427. The molecule has 0 radical (unpaired) electrons. The molecule has 5 nitrogen and oxygen atoms in total. The van der Waals surface area contributed by atoms with Gasteiger partial charge in [0, 0.05) is 44.6 Å². The summed E-state index contributed by atoms with van der Waals surface area (Å²) in [6, 6.07) is 3.59. The Hall–Kier alpha value is -0.980. The molecule has 19 heavy (non-hydrogen) atoms. The van der Waals surface area contributed by atoms with Gasteiger partial charge in [0.2, 0.25) is 0 Å². The molecule has 0 saturated heterocycles. The van der Waals surface area contributed by atoms with E-state index >= 15 is 0 Å². The van der Waals surface area contributed by atoms with Crippen LogP contribution in [0.4, 0.5) is 0 Å². The lowest BCUT2D eigenvalue weighted by molar-refractivity contribution is 0.0667. The molecule has 1 heterocycles. The summed E-state index contributed by atoms with van der Waals surface area (Å²) in [6.07, 6.45) is 2.40. The van der Waals surface area contributed by atoms with Gasteiger partial charge in [-0.05, 0) is 34.5 Å². The Morgan fingerprint density at radius 2 is 2.05 bits per heavy atom. The van der Waals surface area contributed by atoms with E-state index in [0.29, 0.717) is 36.5 Å². The van der Waals surface area contributed by atoms with E-state index in [0.717, 1.165) is 6.42 Å². The average Bonchev–Trinajstić information content (AvgIpc) is 2.42. The van der Waals surface area contributed by atoms with Crippen molar-refractivity contribution in [1.82, 2.24) is 9.88 Å². The van der Waals surface area contributed by atoms with Gasteiger partial charge in [0.05, 0.1) is 6.61 Å². The number of ether oxygens (including phenoxy) is 2. The first kappa shape index (κ1) is 16.1.